The average Bonchev–Trinajstić information content (AvgIpc) is 2.33. The lowest BCUT2D eigenvalue weighted by Crippen LogP contribution is -2.28. The molecule has 16 heavy (non-hydrogen) atoms. The van der Waals surface area contributed by atoms with Gasteiger partial charge in [0.15, 0.2) is 5.75 Å². The fourth-order valence-electron chi connectivity index (χ4n) is 1.39. The number of aromatic amines is 1. The maximum Gasteiger partial charge on any atom is 0.312 e. The Kier molecular flexibility index (Phi) is 2.59. The minimum Gasteiger partial charge on any atom is -0.491 e. The molecule has 0 radical (unpaired) electrons. The second-order valence-corrected chi connectivity index (χ2v) is 3.16. The first-order chi connectivity index (χ1) is 7.72. The molecule has 0 aliphatic heterocycles. The second-order valence-electron chi connectivity index (χ2n) is 3.16. The van der Waals surface area contributed by atoms with E-state index in [1.807, 2.05) is 6.07 Å². The number of nitrogens with one attached hydrogen (secondary N) is 1. The summed E-state index contributed by atoms with van der Waals surface area (Å²) >= 11 is 0. The second kappa shape index (κ2) is 4.06. The zero-order valence-corrected chi connectivity index (χ0v) is 8.64. The highest BCUT2D eigenvalue weighted by molar-refractivity contribution is 5.31. The van der Waals surface area contributed by atoms with Crippen LogP contribution in [0.5, 0.6) is 5.75 Å². The van der Waals surface area contributed by atoms with Crippen LogP contribution in [0.2, 0.25) is 0 Å². The molecule has 0 aliphatic carbocycles. The van der Waals surface area contributed by atoms with E-state index in [9.17, 15) is 9.59 Å². The van der Waals surface area contributed by atoms with Crippen molar-refractivity contribution in [2.24, 2.45) is 0 Å². The van der Waals surface area contributed by atoms with Crippen LogP contribution in [0.25, 0.3) is 5.69 Å². The number of para-hydroxylation sites is 1. The van der Waals surface area contributed by atoms with Crippen LogP contribution in [-0.4, -0.2) is 16.9 Å². The molecule has 1 aromatic heterocycles. The third-order valence-corrected chi connectivity index (χ3v) is 2.13. The normalized spacial score (nSPS) is 10.1. The summed E-state index contributed by atoms with van der Waals surface area (Å²) in [4.78, 5) is 23.1. The summed E-state index contributed by atoms with van der Waals surface area (Å²) < 4.78 is 5.99. The van der Waals surface area contributed by atoms with Crippen molar-refractivity contribution in [1.82, 2.24) is 9.78 Å². The SMILES string of the molecule is COc1cc(=O)[nH]n(-c2ccccc2)c1=O. The van der Waals surface area contributed by atoms with Gasteiger partial charge in [0, 0.05) is 0 Å². The molecule has 2 rings (SSSR count). The molecule has 0 atom stereocenters. The molecule has 5 heteroatoms. The molecule has 1 aromatic carbocycles. The molecule has 1 heterocycles. The largest absolute Gasteiger partial charge is 0.491 e. The Balaban J connectivity index is 2.71. The maximum atomic E-state index is 11.8. The van der Waals surface area contributed by atoms with Crippen LogP contribution < -0.4 is 15.9 Å². The predicted octanol–water partition coefficient (Wildman–Crippen LogP) is 0.534. The van der Waals surface area contributed by atoms with Crippen molar-refractivity contribution in [1.29, 1.82) is 0 Å². The number of nitrogens with zero attached hydrogens (tertiary/aromatic N) is 1. The monoisotopic (exact) mass is 218 g/mol. The molecular formula is C11H10N2O3. The number of rotatable bonds is 2. The van der Waals surface area contributed by atoms with E-state index in [-0.39, 0.29) is 11.3 Å². The number of ether oxygens (including phenoxy) is 1. The summed E-state index contributed by atoms with van der Waals surface area (Å²) in [5.41, 5.74) is -0.197. The van der Waals surface area contributed by atoms with Gasteiger partial charge in [-0.2, -0.15) is 0 Å². The summed E-state index contributed by atoms with van der Waals surface area (Å²) in [6.07, 6.45) is 0. The Labute approximate surface area is 90.9 Å². The Morgan fingerprint density at radius 3 is 2.50 bits per heavy atom. The minimum atomic E-state index is -0.395. The van der Waals surface area contributed by atoms with Gasteiger partial charge in [-0.25, -0.2) is 4.68 Å². The summed E-state index contributed by atoms with van der Waals surface area (Å²) in [6, 6.07) is 9.95. The molecule has 82 valence electrons. The Bertz CT molecular complexity index is 599. The zero-order valence-electron chi connectivity index (χ0n) is 8.64. The number of benzene rings is 1. The van der Waals surface area contributed by atoms with Crippen molar-refractivity contribution >= 4 is 0 Å². The molecule has 2 aromatic rings. The van der Waals surface area contributed by atoms with Crippen LogP contribution in [0.1, 0.15) is 0 Å². The van der Waals surface area contributed by atoms with Gasteiger partial charge in [0.1, 0.15) is 0 Å². The fraction of sp³-hybridized carbons (Fsp3) is 0.0909. The average molecular weight is 218 g/mol. The van der Waals surface area contributed by atoms with Gasteiger partial charge < -0.3 is 4.74 Å². The summed E-state index contributed by atoms with van der Waals surface area (Å²) in [5.74, 6) is 0.0209. The minimum absolute atomic E-state index is 0.0209. The van der Waals surface area contributed by atoms with E-state index < -0.39 is 5.56 Å². The van der Waals surface area contributed by atoms with Crippen LogP contribution in [0.3, 0.4) is 0 Å². The van der Waals surface area contributed by atoms with Crippen molar-refractivity contribution in [3.8, 4) is 11.4 Å². The van der Waals surface area contributed by atoms with Crippen LogP contribution in [0.4, 0.5) is 0 Å². The smallest absolute Gasteiger partial charge is 0.312 e. The molecule has 0 amide bonds. The van der Waals surface area contributed by atoms with Gasteiger partial charge in [-0.3, -0.25) is 14.7 Å². The number of methoxy groups -OCH3 is 1. The van der Waals surface area contributed by atoms with Gasteiger partial charge in [0.05, 0.1) is 18.9 Å². The Morgan fingerprint density at radius 1 is 1.19 bits per heavy atom. The number of hydrogen-bond donors (Lipinski definition) is 1. The highest BCUT2D eigenvalue weighted by atomic mass is 16.5. The van der Waals surface area contributed by atoms with E-state index in [2.05, 4.69) is 5.10 Å². The lowest BCUT2D eigenvalue weighted by molar-refractivity contribution is 0.402. The molecular weight excluding hydrogens is 208 g/mol. The summed E-state index contributed by atoms with van der Waals surface area (Å²) in [7, 11) is 1.35. The molecule has 5 nitrogen and oxygen atoms in total. The molecule has 0 unspecified atom stereocenters. The van der Waals surface area contributed by atoms with Crippen LogP contribution in [0.15, 0.2) is 46.0 Å². The van der Waals surface area contributed by atoms with Gasteiger partial charge in [0.25, 0.3) is 5.56 Å². The molecule has 0 fully saturated rings. The molecule has 0 bridgehead atoms. The maximum absolute atomic E-state index is 11.8. The lowest BCUT2D eigenvalue weighted by atomic mass is 10.3. The summed E-state index contributed by atoms with van der Waals surface area (Å²) in [5, 5.41) is 2.44. The lowest BCUT2D eigenvalue weighted by Gasteiger charge is -2.06. The van der Waals surface area contributed by atoms with E-state index in [1.54, 1.807) is 24.3 Å². The van der Waals surface area contributed by atoms with Crippen molar-refractivity contribution < 1.29 is 4.74 Å². The number of hydrogen-bond acceptors (Lipinski definition) is 3. The van der Waals surface area contributed by atoms with Gasteiger partial charge in [-0.05, 0) is 12.1 Å². The van der Waals surface area contributed by atoms with Crippen LogP contribution in [0, 0.1) is 0 Å². The molecule has 1 N–H and O–H groups in total. The van der Waals surface area contributed by atoms with Crippen molar-refractivity contribution in [2.75, 3.05) is 7.11 Å². The van der Waals surface area contributed by atoms with E-state index in [1.165, 1.54) is 7.11 Å². The Hall–Kier alpha value is -2.30. The first-order valence-corrected chi connectivity index (χ1v) is 4.68. The van der Waals surface area contributed by atoms with E-state index in [4.69, 9.17) is 4.74 Å². The van der Waals surface area contributed by atoms with Gasteiger partial charge >= 0.3 is 5.56 Å². The quantitative estimate of drug-likeness (QED) is 0.799. The number of aromatic nitrogens is 2. The third kappa shape index (κ3) is 1.75. The molecule has 0 saturated carbocycles. The first kappa shape index (κ1) is 10.2. The molecule has 0 spiro atoms. The number of H-pyrrole nitrogens is 1. The van der Waals surface area contributed by atoms with Gasteiger partial charge in [-0.15, -0.1) is 0 Å². The van der Waals surface area contributed by atoms with E-state index >= 15 is 0 Å². The van der Waals surface area contributed by atoms with Crippen LogP contribution in [-0.2, 0) is 0 Å². The van der Waals surface area contributed by atoms with Crippen molar-refractivity contribution in [2.45, 2.75) is 0 Å². The van der Waals surface area contributed by atoms with Gasteiger partial charge in [0.2, 0.25) is 0 Å². The first-order valence-electron chi connectivity index (χ1n) is 4.68. The van der Waals surface area contributed by atoms with Crippen molar-refractivity contribution in [3.05, 3.63) is 57.1 Å². The van der Waals surface area contributed by atoms with E-state index in [0.717, 1.165) is 10.7 Å². The topological polar surface area (TPSA) is 64.1 Å². The standard InChI is InChI=1S/C11H10N2O3/c1-16-9-7-10(14)12-13(11(9)15)8-5-3-2-4-6-8/h2-7H,1H3,(H,12,14). The predicted molar refractivity (Wildman–Crippen MR) is 59.2 cm³/mol. The fourth-order valence-corrected chi connectivity index (χ4v) is 1.39. The zero-order chi connectivity index (χ0) is 11.5. The Morgan fingerprint density at radius 2 is 1.88 bits per heavy atom. The molecule has 0 aliphatic rings. The highest BCUT2D eigenvalue weighted by Gasteiger charge is 2.06. The highest BCUT2D eigenvalue weighted by Crippen LogP contribution is 2.03. The van der Waals surface area contributed by atoms with E-state index in [0.29, 0.717) is 5.69 Å². The van der Waals surface area contributed by atoms with Crippen molar-refractivity contribution in [3.63, 3.8) is 0 Å². The molecule has 0 saturated heterocycles. The van der Waals surface area contributed by atoms with Crippen LogP contribution >= 0.6 is 0 Å². The third-order valence-electron chi connectivity index (χ3n) is 2.13. The van der Waals surface area contributed by atoms with Gasteiger partial charge in [-0.1, -0.05) is 18.2 Å². The summed E-state index contributed by atoms with van der Waals surface area (Å²) in [6.45, 7) is 0.